The second kappa shape index (κ2) is 9.53. The Hall–Kier alpha value is -3.19. The minimum atomic E-state index is -0.0778. The molecule has 0 radical (unpaired) electrons. The summed E-state index contributed by atoms with van der Waals surface area (Å²) in [6.45, 7) is 7.53. The minimum absolute atomic E-state index is 0.0209. The third kappa shape index (κ3) is 4.53. The van der Waals surface area contributed by atoms with Crippen molar-refractivity contribution in [2.24, 2.45) is 0 Å². The molecule has 6 nitrogen and oxygen atoms in total. The van der Waals surface area contributed by atoms with Crippen LogP contribution < -0.4 is 10.6 Å². The van der Waals surface area contributed by atoms with E-state index in [1.807, 2.05) is 50.2 Å². The van der Waals surface area contributed by atoms with E-state index < -0.39 is 0 Å². The summed E-state index contributed by atoms with van der Waals surface area (Å²) in [6.07, 6.45) is 4.22. The van der Waals surface area contributed by atoms with Crippen LogP contribution in [0.5, 0.6) is 0 Å². The van der Waals surface area contributed by atoms with E-state index in [1.54, 1.807) is 6.20 Å². The van der Waals surface area contributed by atoms with Gasteiger partial charge in [-0.2, -0.15) is 0 Å². The highest BCUT2D eigenvalue weighted by Gasteiger charge is 2.40. The van der Waals surface area contributed by atoms with Gasteiger partial charge >= 0.3 is 0 Å². The van der Waals surface area contributed by atoms with Crippen LogP contribution in [0.4, 0.5) is 5.69 Å². The molecule has 1 aromatic carbocycles. The Balaban J connectivity index is 1.55. The lowest BCUT2D eigenvalue weighted by molar-refractivity contribution is -0.116. The highest BCUT2D eigenvalue weighted by molar-refractivity contribution is 7.80. The van der Waals surface area contributed by atoms with Crippen LogP contribution >= 0.6 is 12.2 Å². The number of thiocarbonyl (C=S) groups is 1. The van der Waals surface area contributed by atoms with Crippen LogP contribution in [0.15, 0.2) is 60.9 Å². The Bertz CT molecular complexity index is 1110. The summed E-state index contributed by atoms with van der Waals surface area (Å²) in [5.74, 6) is -0.0209. The molecule has 2 atom stereocenters. The number of aromatic nitrogens is 2. The van der Waals surface area contributed by atoms with Crippen molar-refractivity contribution in [3.05, 3.63) is 83.4 Å². The number of hydrogen-bond acceptors (Lipinski definition) is 3. The number of anilines is 1. The summed E-state index contributed by atoms with van der Waals surface area (Å²) in [7, 11) is 0. The van der Waals surface area contributed by atoms with Crippen molar-refractivity contribution < 1.29 is 4.79 Å². The number of benzene rings is 1. The SMILES string of the molecule is CCn1cccc1[C@H]1[C@@H](c2ccccn2)NC(=S)N1CCC(=O)Nc1cc(C)ccc1C. The molecule has 1 amide bonds. The normalized spacial score (nSPS) is 18.0. The van der Waals surface area contributed by atoms with Gasteiger partial charge < -0.3 is 20.1 Å². The van der Waals surface area contributed by atoms with E-state index in [0.717, 1.165) is 34.7 Å². The third-order valence-electron chi connectivity index (χ3n) is 5.95. The maximum Gasteiger partial charge on any atom is 0.226 e. The first-order valence-electron chi connectivity index (χ1n) is 11.0. The average molecular weight is 448 g/mol. The topological polar surface area (TPSA) is 62.2 Å². The molecular weight excluding hydrogens is 418 g/mol. The van der Waals surface area contributed by atoms with E-state index in [4.69, 9.17) is 12.2 Å². The van der Waals surface area contributed by atoms with Gasteiger partial charge in [0.15, 0.2) is 5.11 Å². The number of rotatable bonds is 7. The number of hydrogen-bond donors (Lipinski definition) is 2. The van der Waals surface area contributed by atoms with Crippen LogP contribution in [-0.4, -0.2) is 32.0 Å². The van der Waals surface area contributed by atoms with Gasteiger partial charge in [-0.25, -0.2) is 0 Å². The Labute approximate surface area is 194 Å². The van der Waals surface area contributed by atoms with Crippen LogP contribution in [-0.2, 0) is 11.3 Å². The van der Waals surface area contributed by atoms with Crippen LogP contribution in [0.25, 0.3) is 0 Å². The molecule has 4 rings (SSSR count). The molecule has 1 fully saturated rings. The van der Waals surface area contributed by atoms with Gasteiger partial charge in [-0.1, -0.05) is 18.2 Å². The monoisotopic (exact) mass is 447 g/mol. The standard InChI is InChI=1S/C25H29N5OS/c1-4-29-14-7-9-21(29)24-23(19-8-5-6-13-26-19)28-25(32)30(24)15-12-22(31)27-20-16-17(2)10-11-18(20)3/h5-11,13-14,16,23-24H,4,12,15H2,1-3H3,(H,27,31)(H,28,32)/t23-,24+/m1/s1. The molecule has 3 heterocycles. The maximum atomic E-state index is 12.8. The minimum Gasteiger partial charge on any atom is -0.352 e. The van der Waals surface area contributed by atoms with Gasteiger partial charge in [0.1, 0.15) is 0 Å². The lowest BCUT2D eigenvalue weighted by Crippen LogP contribution is -2.33. The number of carbonyl (C=O) groups is 1. The number of amides is 1. The second-order valence-corrected chi connectivity index (χ2v) is 8.54. The molecule has 166 valence electrons. The molecule has 0 aliphatic carbocycles. The fourth-order valence-electron chi connectivity index (χ4n) is 4.26. The maximum absolute atomic E-state index is 12.8. The smallest absolute Gasteiger partial charge is 0.226 e. The summed E-state index contributed by atoms with van der Waals surface area (Å²) < 4.78 is 2.22. The third-order valence-corrected chi connectivity index (χ3v) is 6.31. The summed E-state index contributed by atoms with van der Waals surface area (Å²) in [5, 5.41) is 7.16. The van der Waals surface area contributed by atoms with E-state index in [0.29, 0.717) is 18.1 Å². The Kier molecular flexibility index (Phi) is 6.55. The molecule has 3 aromatic rings. The summed E-state index contributed by atoms with van der Waals surface area (Å²) in [6, 6.07) is 16.1. The zero-order valence-corrected chi connectivity index (χ0v) is 19.5. The number of aryl methyl sites for hydroxylation is 3. The highest BCUT2D eigenvalue weighted by Crippen LogP contribution is 2.38. The van der Waals surface area contributed by atoms with E-state index in [-0.39, 0.29) is 18.0 Å². The van der Waals surface area contributed by atoms with Gasteiger partial charge in [-0.05, 0) is 74.4 Å². The van der Waals surface area contributed by atoms with Crippen molar-refractivity contribution in [3.8, 4) is 0 Å². The highest BCUT2D eigenvalue weighted by atomic mass is 32.1. The summed E-state index contributed by atoms with van der Waals surface area (Å²) in [4.78, 5) is 19.5. The first-order valence-corrected chi connectivity index (χ1v) is 11.4. The first kappa shape index (κ1) is 22.0. The zero-order chi connectivity index (χ0) is 22.7. The van der Waals surface area contributed by atoms with Gasteiger partial charge in [-0.3, -0.25) is 9.78 Å². The Morgan fingerprint density at radius 2 is 2.03 bits per heavy atom. The van der Waals surface area contributed by atoms with Gasteiger partial charge in [0.05, 0.1) is 17.8 Å². The van der Waals surface area contributed by atoms with Gasteiger partial charge in [0, 0.05) is 43.3 Å². The fraction of sp³-hybridized carbons (Fsp3) is 0.320. The number of nitrogens with one attached hydrogen (secondary N) is 2. The van der Waals surface area contributed by atoms with Crippen LogP contribution in [0, 0.1) is 13.8 Å². The van der Waals surface area contributed by atoms with Crippen molar-refractivity contribution in [1.82, 2.24) is 19.8 Å². The molecule has 1 aliphatic heterocycles. The van der Waals surface area contributed by atoms with E-state index in [1.165, 1.54) is 0 Å². The lowest BCUT2D eigenvalue weighted by atomic mass is 10.0. The molecule has 0 bridgehead atoms. The molecule has 0 spiro atoms. The van der Waals surface area contributed by atoms with Crippen molar-refractivity contribution in [2.75, 3.05) is 11.9 Å². The molecule has 0 saturated carbocycles. The molecule has 0 unspecified atom stereocenters. The van der Waals surface area contributed by atoms with E-state index in [9.17, 15) is 4.79 Å². The molecule has 32 heavy (non-hydrogen) atoms. The quantitative estimate of drug-likeness (QED) is 0.522. The van der Waals surface area contributed by atoms with Crippen molar-refractivity contribution >= 4 is 28.9 Å². The summed E-state index contributed by atoms with van der Waals surface area (Å²) in [5.41, 5.74) is 5.13. The van der Waals surface area contributed by atoms with Crippen LogP contribution in [0.1, 0.15) is 47.9 Å². The number of carbonyl (C=O) groups excluding carboxylic acids is 1. The second-order valence-electron chi connectivity index (χ2n) is 8.16. The molecule has 1 aliphatic rings. The number of pyridine rings is 1. The zero-order valence-electron chi connectivity index (χ0n) is 18.7. The predicted molar refractivity (Wildman–Crippen MR) is 131 cm³/mol. The summed E-state index contributed by atoms with van der Waals surface area (Å²) >= 11 is 5.71. The van der Waals surface area contributed by atoms with Gasteiger partial charge in [0.2, 0.25) is 5.91 Å². The first-order chi connectivity index (χ1) is 15.5. The van der Waals surface area contributed by atoms with Crippen molar-refractivity contribution in [1.29, 1.82) is 0 Å². The largest absolute Gasteiger partial charge is 0.352 e. The predicted octanol–water partition coefficient (Wildman–Crippen LogP) is 4.52. The van der Waals surface area contributed by atoms with Gasteiger partial charge in [0.25, 0.3) is 0 Å². The molecule has 7 heteroatoms. The van der Waals surface area contributed by atoms with Crippen LogP contribution in [0.3, 0.4) is 0 Å². The van der Waals surface area contributed by atoms with Gasteiger partial charge in [-0.15, -0.1) is 0 Å². The van der Waals surface area contributed by atoms with E-state index >= 15 is 0 Å². The van der Waals surface area contributed by atoms with Crippen molar-refractivity contribution in [3.63, 3.8) is 0 Å². The Morgan fingerprint density at radius 3 is 2.78 bits per heavy atom. The van der Waals surface area contributed by atoms with Crippen molar-refractivity contribution in [2.45, 2.75) is 45.8 Å². The number of nitrogens with zero attached hydrogens (tertiary/aromatic N) is 3. The fourth-order valence-corrected chi connectivity index (χ4v) is 4.59. The molecule has 1 saturated heterocycles. The lowest BCUT2D eigenvalue weighted by Gasteiger charge is -2.28. The Morgan fingerprint density at radius 1 is 1.19 bits per heavy atom. The van der Waals surface area contributed by atoms with E-state index in [2.05, 4.69) is 50.3 Å². The van der Waals surface area contributed by atoms with Crippen LogP contribution in [0.2, 0.25) is 0 Å². The molecular formula is C25H29N5OS. The average Bonchev–Trinajstić information content (AvgIpc) is 3.39. The molecule has 2 N–H and O–H groups in total. The molecule has 2 aromatic heterocycles.